The Morgan fingerprint density at radius 3 is 2.57 bits per heavy atom. The summed E-state index contributed by atoms with van der Waals surface area (Å²) in [5.41, 5.74) is 5.78. The summed E-state index contributed by atoms with van der Waals surface area (Å²) in [4.78, 5) is 2.46. The average Bonchev–Trinajstić information content (AvgIpc) is 2.03. The van der Waals surface area contributed by atoms with Gasteiger partial charge in [-0.1, -0.05) is 13.8 Å². The van der Waals surface area contributed by atoms with E-state index < -0.39 is 0 Å². The number of nitrogens with two attached hydrogens (primary N) is 1. The molecule has 0 saturated carbocycles. The van der Waals surface area contributed by atoms with Gasteiger partial charge in [0.1, 0.15) is 0 Å². The van der Waals surface area contributed by atoms with E-state index in [-0.39, 0.29) is 12.4 Å². The van der Waals surface area contributed by atoms with Gasteiger partial charge in [0.05, 0.1) is 0 Å². The lowest BCUT2D eigenvalue weighted by Crippen LogP contribution is -2.54. The van der Waals surface area contributed by atoms with Crippen molar-refractivity contribution in [2.24, 2.45) is 11.7 Å². The maximum Gasteiger partial charge on any atom is 0.0218 e. The van der Waals surface area contributed by atoms with E-state index >= 15 is 0 Å². The minimum atomic E-state index is 0. The first kappa shape index (κ1) is 14.2. The van der Waals surface area contributed by atoms with Crippen molar-refractivity contribution >= 4 is 12.4 Å². The van der Waals surface area contributed by atoms with Crippen molar-refractivity contribution in [1.82, 2.24) is 10.2 Å². The van der Waals surface area contributed by atoms with Gasteiger partial charge in [-0.25, -0.2) is 0 Å². The van der Waals surface area contributed by atoms with Crippen LogP contribution in [0.25, 0.3) is 0 Å². The lowest BCUT2D eigenvalue weighted by atomic mass is 10.0. The highest BCUT2D eigenvalue weighted by Gasteiger charge is 2.21. The Balaban J connectivity index is 0.00000169. The molecule has 1 aliphatic heterocycles. The van der Waals surface area contributed by atoms with Crippen LogP contribution in [0.5, 0.6) is 0 Å². The van der Waals surface area contributed by atoms with Crippen LogP contribution < -0.4 is 11.1 Å². The highest BCUT2D eigenvalue weighted by Crippen LogP contribution is 2.07. The van der Waals surface area contributed by atoms with Gasteiger partial charge >= 0.3 is 0 Å². The van der Waals surface area contributed by atoms with Crippen molar-refractivity contribution in [3.8, 4) is 0 Å². The Kier molecular flexibility index (Phi) is 6.70. The van der Waals surface area contributed by atoms with Crippen LogP contribution in [-0.2, 0) is 0 Å². The van der Waals surface area contributed by atoms with E-state index in [1.54, 1.807) is 0 Å². The zero-order valence-electron chi connectivity index (χ0n) is 9.49. The molecule has 0 radical (unpaired) electrons. The van der Waals surface area contributed by atoms with Crippen molar-refractivity contribution in [1.29, 1.82) is 0 Å². The molecule has 3 nitrogen and oxygen atoms in total. The molecule has 0 amide bonds. The van der Waals surface area contributed by atoms with Gasteiger partial charge in [0.2, 0.25) is 0 Å². The van der Waals surface area contributed by atoms with Gasteiger partial charge in [0.15, 0.2) is 0 Å². The molecule has 1 saturated heterocycles. The molecule has 1 heterocycles. The molecule has 0 aromatic carbocycles. The van der Waals surface area contributed by atoms with Crippen molar-refractivity contribution < 1.29 is 0 Å². The first-order chi connectivity index (χ1) is 6.09. The van der Waals surface area contributed by atoms with Gasteiger partial charge < -0.3 is 11.1 Å². The summed E-state index contributed by atoms with van der Waals surface area (Å²) < 4.78 is 0. The van der Waals surface area contributed by atoms with Gasteiger partial charge in [-0.3, -0.25) is 4.90 Å². The SMILES string of the molecule is CC(N)CN1CCN[C@@H](C(C)C)C1.Cl. The standard InChI is InChI=1S/C10H23N3.ClH/c1-8(2)10-7-13(5-4-12-10)6-9(3)11;/h8-10,12H,4-7,11H2,1-3H3;1H/t9?,10-;/m1./s1. The molecule has 0 spiro atoms. The van der Waals surface area contributed by atoms with Gasteiger partial charge in [-0.2, -0.15) is 0 Å². The molecule has 0 aromatic rings. The molecule has 0 aromatic heterocycles. The van der Waals surface area contributed by atoms with E-state index in [1.165, 1.54) is 0 Å². The summed E-state index contributed by atoms with van der Waals surface area (Å²) in [5, 5.41) is 3.54. The van der Waals surface area contributed by atoms with E-state index in [9.17, 15) is 0 Å². The second kappa shape index (κ2) is 6.62. The third-order valence-corrected chi connectivity index (χ3v) is 2.64. The molecule has 3 N–H and O–H groups in total. The van der Waals surface area contributed by atoms with Crippen LogP contribution in [0.15, 0.2) is 0 Å². The highest BCUT2D eigenvalue weighted by molar-refractivity contribution is 5.85. The van der Waals surface area contributed by atoms with Crippen LogP contribution in [0.3, 0.4) is 0 Å². The van der Waals surface area contributed by atoms with Crippen LogP contribution in [0, 0.1) is 5.92 Å². The summed E-state index contributed by atoms with van der Waals surface area (Å²) in [6.07, 6.45) is 0. The number of rotatable bonds is 3. The number of halogens is 1. The van der Waals surface area contributed by atoms with E-state index in [2.05, 4.69) is 31.0 Å². The van der Waals surface area contributed by atoms with Crippen LogP contribution in [-0.4, -0.2) is 43.2 Å². The van der Waals surface area contributed by atoms with Crippen LogP contribution in [0.2, 0.25) is 0 Å². The monoisotopic (exact) mass is 221 g/mol. The average molecular weight is 222 g/mol. The van der Waals surface area contributed by atoms with E-state index in [1.807, 2.05) is 0 Å². The quantitative estimate of drug-likeness (QED) is 0.737. The Morgan fingerprint density at radius 2 is 2.07 bits per heavy atom. The third-order valence-electron chi connectivity index (χ3n) is 2.64. The molecule has 0 aliphatic carbocycles. The zero-order chi connectivity index (χ0) is 9.84. The van der Waals surface area contributed by atoms with Crippen molar-refractivity contribution in [3.05, 3.63) is 0 Å². The van der Waals surface area contributed by atoms with Crippen LogP contribution >= 0.6 is 12.4 Å². The first-order valence-corrected chi connectivity index (χ1v) is 5.31. The minimum Gasteiger partial charge on any atom is -0.327 e. The summed E-state index contributed by atoms with van der Waals surface area (Å²) in [7, 11) is 0. The first-order valence-electron chi connectivity index (χ1n) is 5.31. The van der Waals surface area contributed by atoms with Crippen molar-refractivity contribution in [2.45, 2.75) is 32.9 Å². The normalized spacial score (nSPS) is 25.9. The molecule has 0 bridgehead atoms. The van der Waals surface area contributed by atoms with Crippen LogP contribution in [0.4, 0.5) is 0 Å². The number of hydrogen-bond donors (Lipinski definition) is 2. The predicted molar refractivity (Wildman–Crippen MR) is 64.0 cm³/mol. The fourth-order valence-electron chi connectivity index (χ4n) is 1.86. The fourth-order valence-corrected chi connectivity index (χ4v) is 1.86. The minimum absolute atomic E-state index is 0. The summed E-state index contributed by atoms with van der Waals surface area (Å²) >= 11 is 0. The third kappa shape index (κ3) is 4.60. The highest BCUT2D eigenvalue weighted by atomic mass is 35.5. The summed E-state index contributed by atoms with van der Waals surface area (Å²) in [6.45, 7) is 11.1. The van der Waals surface area contributed by atoms with Gasteiger partial charge in [0, 0.05) is 38.3 Å². The summed E-state index contributed by atoms with van der Waals surface area (Å²) in [6, 6.07) is 0.943. The van der Waals surface area contributed by atoms with Crippen molar-refractivity contribution in [3.63, 3.8) is 0 Å². The van der Waals surface area contributed by atoms with E-state index in [4.69, 9.17) is 5.73 Å². The molecule has 1 aliphatic rings. The van der Waals surface area contributed by atoms with E-state index in [0.717, 1.165) is 32.1 Å². The summed E-state index contributed by atoms with van der Waals surface area (Å²) in [5.74, 6) is 0.718. The lowest BCUT2D eigenvalue weighted by molar-refractivity contribution is 0.169. The number of hydrogen-bond acceptors (Lipinski definition) is 3. The molecule has 14 heavy (non-hydrogen) atoms. The van der Waals surface area contributed by atoms with Crippen LogP contribution in [0.1, 0.15) is 20.8 Å². The maximum atomic E-state index is 5.78. The lowest BCUT2D eigenvalue weighted by Gasteiger charge is -2.36. The largest absolute Gasteiger partial charge is 0.327 e. The second-order valence-electron chi connectivity index (χ2n) is 4.54. The molecule has 1 fully saturated rings. The zero-order valence-corrected chi connectivity index (χ0v) is 10.3. The number of nitrogens with one attached hydrogen (secondary N) is 1. The maximum absolute atomic E-state index is 5.78. The van der Waals surface area contributed by atoms with E-state index in [0.29, 0.717) is 12.1 Å². The molecular formula is C10H24ClN3. The smallest absolute Gasteiger partial charge is 0.0218 e. The number of piperazine rings is 1. The van der Waals surface area contributed by atoms with Gasteiger partial charge in [-0.05, 0) is 12.8 Å². The topological polar surface area (TPSA) is 41.3 Å². The van der Waals surface area contributed by atoms with Gasteiger partial charge in [0.25, 0.3) is 0 Å². The molecular weight excluding hydrogens is 198 g/mol. The fraction of sp³-hybridized carbons (Fsp3) is 1.00. The molecule has 1 rings (SSSR count). The van der Waals surface area contributed by atoms with Gasteiger partial charge in [-0.15, -0.1) is 12.4 Å². The number of nitrogens with zero attached hydrogens (tertiary/aromatic N) is 1. The Morgan fingerprint density at radius 1 is 1.43 bits per heavy atom. The molecule has 1 unspecified atom stereocenters. The second-order valence-corrected chi connectivity index (χ2v) is 4.54. The Bertz CT molecular complexity index is 150. The Labute approximate surface area is 93.8 Å². The molecule has 4 heteroatoms. The molecule has 2 atom stereocenters. The molecule has 86 valence electrons. The Hall–Kier alpha value is 0.170. The van der Waals surface area contributed by atoms with Crippen molar-refractivity contribution in [2.75, 3.05) is 26.2 Å². The predicted octanol–water partition coefficient (Wildman–Crippen LogP) is 0.685.